The topological polar surface area (TPSA) is 75.1 Å². The predicted octanol–water partition coefficient (Wildman–Crippen LogP) is 1.45. The molecule has 2 N–H and O–H groups in total. The number of aliphatic carboxylic acids is 1. The van der Waals surface area contributed by atoms with Gasteiger partial charge in [-0.15, -0.1) is 0 Å². The van der Waals surface area contributed by atoms with Crippen molar-refractivity contribution >= 4 is 11.9 Å². The lowest BCUT2D eigenvalue weighted by atomic mass is 9.96. The summed E-state index contributed by atoms with van der Waals surface area (Å²) in [6, 6.07) is 0. The maximum absolute atomic E-state index is 11.3. The van der Waals surface area contributed by atoms with Crippen molar-refractivity contribution < 1.29 is 9.90 Å². The molecule has 0 aromatic carbocycles. The Hall–Kier alpha value is -1.65. The van der Waals surface area contributed by atoms with Crippen LogP contribution in [-0.2, 0) is 4.79 Å². The third-order valence-electron chi connectivity index (χ3n) is 2.99. The fourth-order valence-electron chi connectivity index (χ4n) is 1.68. The van der Waals surface area contributed by atoms with Crippen LogP contribution in [0.5, 0.6) is 0 Å². The lowest BCUT2D eigenvalue weighted by molar-refractivity contribution is -0.142. The maximum atomic E-state index is 11.3. The highest BCUT2D eigenvalue weighted by Gasteiger charge is 2.48. The standard InChI is InChI=1S/C11H15N3O2/c1-7-5-12-10(13-6-7)14-11(2,9(15)16)8-3-4-8/h5-6,8H,3-4H2,1-2H3,(H,15,16)(H,12,13,14). The second-order valence-electron chi connectivity index (χ2n) is 4.49. The number of carbonyl (C=O) groups is 1. The van der Waals surface area contributed by atoms with Crippen LogP contribution in [0.25, 0.3) is 0 Å². The van der Waals surface area contributed by atoms with Crippen molar-refractivity contribution in [2.45, 2.75) is 32.2 Å². The van der Waals surface area contributed by atoms with Crippen LogP contribution in [0, 0.1) is 12.8 Å². The Morgan fingerprint density at radius 2 is 2.06 bits per heavy atom. The molecule has 0 amide bonds. The van der Waals surface area contributed by atoms with E-state index in [0.717, 1.165) is 18.4 Å². The van der Waals surface area contributed by atoms with Gasteiger partial charge in [-0.1, -0.05) is 0 Å². The number of rotatable bonds is 4. The molecule has 5 heteroatoms. The molecule has 0 radical (unpaired) electrons. The van der Waals surface area contributed by atoms with Gasteiger partial charge in [-0.25, -0.2) is 14.8 Å². The minimum Gasteiger partial charge on any atom is -0.480 e. The summed E-state index contributed by atoms with van der Waals surface area (Å²) < 4.78 is 0. The molecule has 86 valence electrons. The van der Waals surface area contributed by atoms with Gasteiger partial charge >= 0.3 is 5.97 Å². The van der Waals surface area contributed by atoms with Gasteiger partial charge in [-0.2, -0.15) is 0 Å². The lowest BCUT2D eigenvalue weighted by Crippen LogP contribution is -2.46. The third kappa shape index (κ3) is 1.98. The Kier molecular flexibility index (Phi) is 2.53. The van der Waals surface area contributed by atoms with Gasteiger partial charge in [0.05, 0.1) is 0 Å². The van der Waals surface area contributed by atoms with Crippen LogP contribution in [0.2, 0.25) is 0 Å². The molecular formula is C11H15N3O2. The van der Waals surface area contributed by atoms with Crippen LogP contribution in [0.15, 0.2) is 12.4 Å². The molecule has 1 aliphatic carbocycles. The summed E-state index contributed by atoms with van der Waals surface area (Å²) >= 11 is 0. The summed E-state index contributed by atoms with van der Waals surface area (Å²) in [4.78, 5) is 19.4. The number of hydrogen-bond acceptors (Lipinski definition) is 4. The lowest BCUT2D eigenvalue weighted by Gasteiger charge is -2.25. The molecule has 1 aliphatic rings. The van der Waals surface area contributed by atoms with E-state index in [1.165, 1.54) is 0 Å². The number of anilines is 1. The number of hydrogen-bond donors (Lipinski definition) is 2. The van der Waals surface area contributed by atoms with E-state index >= 15 is 0 Å². The van der Waals surface area contributed by atoms with Crippen LogP contribution in [0.4, 0.5) is 5.95 Å². The molecule has 1 atom stereocenters. The van der Waals surface area contributed by atoms with Gasteiger partial charge in [0.1, 0.15) is 5.54 Å². The molecule has 1 unspecified atom stereocenters. The van der Waals surface area contributed by atoms with Gasteiger partial charge in [0, 0.05) is 12.4 Å². The third-order valence-corrected chi connectivity index (χ3v) is 2.99. The predicted molar refractivity (Wildman–Crippen MR) is 59.2 cm³/mol. The zero-order chi connectivity index (χ0) is 11.8. The first-order chi connectivity index (χ1) is 7.52. The number of aryl methyl sites for hydroxylation is 1. The molecule has 16 heavy (non-hydrogen) atoms. The SMILES string of the molecule is Cc1cnc(NC(C)(C(=O)O)C2CC2)nc1. The highest BCUT2D eigenvalue weighted by atomic mass is 16.4. The number of aromatic nitrogens is 2. The molecule has 1 aromatic rings. The molecule has 1 heterocycles. The molecule has 0 spiro atoms. The molecule has 1 saturated carbocycles. The van der Waals surface area contributed by atoms with Gasteiger partial charge in [0.2, 0.25) is 5.95 Å². The normalized spacial score (nSPS) is 18.9. The summed E-state index contributed by atoms with van der Waals surface area (Å²) in [5, 5.41) is 12.2. The van der Waals surface area contributed by atoms with Crippen LogP contribution < -0.4 is 5.32 Å². The van der Waals surface area contributed by atoms with Crippen molar-refractivity contribution in [3.8, 4) is 0 Å². The van der Waals surface area contributed by atoms with Crippen molar-refractivity contribution in [1.29, 1.82) is 0 Å². The minimum absolute atomic E-state index is 0.176. The molecule has 0 aliphatic heterocycles. The Balaban J connectivity index is 2.17. The zero-order valence-corrected chi connectivity index (χ0v) is 9.40. The van der Waals surface area contributed by atoms with Crippen molar-refractivity contribution in [1.82, 2.24) is 9.97 Å². The van der Waals surface area contributed by atoms with Crippen molar-refractivity contribution in [2.24, 2.45) is 5.92 Å². The summed E-state index contributed by atoms with van der Waals surface area (Å²) in [7, 11) is 0. The van der Waals surface area contributed by atoms with Crippen LogP contribution >= 0.6 is 0 Å². The zero-order valence-electron chi connectivity index (χ0n) is 9.40. The maximum Gasteiger partial charge on any atom is 0.329 e. The van der Waals surface area contributed by atoms with Crippen LogP contribution in [-0.4, -0.2) is 26.6 Å². The molecule has 5 nitrogen and oxygen atoms in total. The van der Waals surface area contributed by atoms with E-state index in [4.69, 9.17) is 0 Å². The quantitative estimate of drug-likeness (QED) is 0.804. The average Bonchev–Trinajstić information content (AvgIpc) is 3.04. The van der Waals surface area contributed by atoms with E-state index in [9.17, 15) is 9.90 Å². The van der Waals surface area contributed by atoms with Gasteiger partial charge in [-0.3, -0.25) is 0 Å². The molecule has 2 rings (SSSR count). The Morgan fingerprint density at radius 3 is 2.50 bits per heavy atom. The first-order valence-corrected chi connectivity index (χ1v) is 5.32. The van der Waals surface area contributed by atoms with Crippen molar-refractivity contribution in [3.05, 3.63) is 18.0 Å². The number of nitrogens with zero attached hydrogens (tertiary/aromatic N) is 2. The van der Waals surface area contributed by atoms with Crippen LogP contribution in [0.3, 0.4) is 0 Å². The summed E-state index contributed by atoms with van der Waals surface area (Å²) in [5.74, 6) is -0.295. The largest absolute Gasteiger partial charge is 0.480 e. The fraction of sp³-hybridized carbons (Fsp3) is 0.545. The fourth-order valence-corrected chi connectivity index (χ4v) is 1.68. The van der Waals surface area contributed by atoms with Crippen LogP contribution in [0.1, 0.15) is 25.3 Å². The van der Waals surface area contributed by atoms with Gasteiger partial charge in [0.25, 0.3) is 0 Å². The summed E-state index contributed by atoms with van der Waals surface area (Å²) in [6.07, 6.45) is 5.23. The number of carboxylic acids is 1. The van der Waals surface area contributed by atoms with E-state index in [-0.39, 0.29) is 5.92 Å². The second kappa shape index (κ2) is 3.73. The molecular weight excluding hydrogens is 206 g/mol. The summed E-state index contributed by atoms with van der Waals surface area (Å²) in [6.45, 7) is 3.58. The van der Waals surface area contributed by atoms with E-state index in [1.807, 2.05) is 6.92 Å². The Morgan fingerprint density at radius 1 is 1.50 bits per heavy atom. The first-order valence-electron chi connectivity index (χ1n) is 5.32. The smallest absolute Gasteiger partial charge is 0.329 e. The highest BCUT2D eigenvalue weighted by Crippen LogP contribution is 2.41. The monoisotopic (exact) mass is 221 g/mol. The van der Waals surface area contributed by atoms with Gasteiger partial charge in [0.15, 0.2) is 0 Å². The molecule has 0 saturated heterocycles. The van der Waals surface area contributed by atoms with Gasteiger partial charge in [-0.05, 0) is 38.2 Å². The Bertz CT molecular complexity index is 400. The van der Waals surface area contributed by atoms with E-state index in [0.29, 0.717) is 5.95 Å². The Labute approximate surface area is 93.9 Å². The number of nitrogens with one attached hydrogen (secondary N) is 1. The van der Waals surface area contributed by atoms with Crippen molar-refractivity contribution in [2.75, 3.05) is 5.32 Å². The van der Waals surface area contributed by atoms with E-state index in [2.05, 4.69) is 15.3 Å². The minimum atomic E-state index is -0.949. The second-order valence-corrected chi connectivity index (χ2v) is 4.49. The first kappa shape index (κ1) is 10.9. The molecule has 1 fully saturated rings. The van der Waals surface area contributed by atoms with E-state index in [1.54, 1.807) is 19.3 Å². The molecule has 1 aromatic heterocycles. The highest BCUT2D eigenvalue weighted by molar-refractivity contribution is 5.82. The van der Waals surface area contributed by atoms with Gasteiger partial charge < -0.3 is 10.4 Å². The van der Waals surface area contributed by atoms with E-state index < -0.39 is 11.5 Å². The summed E-state index contributed by atoms with van der Waals surface area (Å²) in [5.41, 5.74) is 0.00363. The molecule has 0 bridgehead atoms. The number of carboxylic acid groups (broad SMARTS) is 1. The average molecular weight is 221 g/mol. The van der Waals surface area contributed by atoms with Crippen molar-refractivity contribution in [3.63, 3.8) is 0 Å².